The molecule has 0 bridgehead atoms. The van der Waals surface area contributed by atoms with Crippen LogP contribution in [0.4, 0.5) is 4.79 Å². The number of nitrogens with one attached hydrogen (secondary N) is 3. The van der Waals surface area contributed by atoms with Crippen molar-refractivity contribution in [3.63, 3.8) is 0 Å². The Hall–Kier alpha value is -1.68. The van der Waals surface area contributed by atoms with Crippen LogP contribution in [0.15, 0.2) is 0 Å². The van der Waals surface area contributed by atoms with E-state index in [9.17, 15) is 22.8 Å². The summed E-state index contributed by atoms with van der Waals surface area (Å²) in [5, 5.41) is 5.31. The first-order valence-electron chi connectivity index (χ1n) is 8.69. The lowest BCUT2D eigenvalue weighted by molar-refractivity contribution is -0.137. The van der Waals surface area contributed by atoms with Crippen LogP contribution in [-0.2, 0) is 19.6 Å². The van der Waals surface area contributed by atoms with Gasteiger partial charge in [0.2, 0.25) is 15.9 Å². The standard InChI is InChI=1S/C16H28N4O5S/c1-11-7-15(2,3)10-16(8-11)13(22)20(14(23)19-16)9-12(21)17-5-6-18-26(4,24)25/h11,18H,5-10H2,1-4H3,(H,17,21)(H,19,23)/t11-,16+/m0/s1. The van der Waals surface area contributed by atoms with Crippen LogP contribution in [-0.4, -0.2) is 62.6 Å². The molecule has 1 aliphatic carbocycles. The summed E-state index contributed by atoms with van der Waals surface area (Å²) in [7, 11) is -3.33. The summed E-state index contributed by atoms with van der Waals surface area (Å²) >= 11 is 0. The first kappa shape index (κ1) is 20.6. The molecule has 2 atom stereocenters. The van der Waals surface area contributed by atoms with Crippen molar-refractivity contribution in [1.29, 1.82) is 0 Å². The Bertz CT molecular complexity index is 705. The summed E-state index contributed by atoms with van der Waals surface area (Å²) in [5.41, 5.74) is -1.01. The van der Waals surface area contributed by atoms with Crippen molar-refractivity contribution in [3.8, 4) is 0 Å². The lowest BCUT2D eigenvalue weighted by atomic mass is 9.64. The smallest absolute Gasteiger partial charge is 0.325 e. The molecule has 1 saturated heterocycles. The van der Waals surface area contributed by atoms with E-state index in [-0.39, 0.29) is 31.0 Å². The average molecular weight is 388 g/mol. The normalized spacial score (nSPS) is 28.3. The maximum absolute atomic E-state index is 12.9. The SMILES string of the molecule is C[C@H]1CC(C)(C)C[C@@]2(C1)NC(=O)N(CC(=O)NCCNS(C)(=O)=O)C2=O. The maximum Gasteiger partial charge on any atom is 0.325 e. The molecule has 4 amide bonds. The highest BCUT2D eigenvalue weighted by atomic mass is 32.2. The summed E-state index contributed by atoms with van der Waals surface area (Å²) in [6, 6.07) is -0.552. The predicted molar refractivity (Wildman–Crippen MR) is 95.6 cm³/mol. The molecule has 3 N–H and O–H groups in total. The minimum atomic E-state index is -3.33. The number of carbonyl (C=O) groups is 3. The van der Waals surface area contributed by atoms with Gasteiger partial charge in [-0.15, -0.1) is 0 Å². The number of hydrogen-bond acceptors (Lipinski definition) is 5. The van der Waals surface area contributed by atoms with Crippen LogP contribution in [0, 0.1) is 11.3 Å². The summed E-state index contributed by atoms with van der Waals surface area (Å²) in [6.45, 7) is 5.96. The number of amides is 4. The van der Waals surface area contributed by atoms with Gasteiger partial charge in [0.25, 0.3) is 5.91 Å². The highest BCUT2D eigenvalue weighted by Gasteiger charge is 2.56. The Balaban J connectivity index is 1.95. The third kappa shape index (κ3) is 4.94. The van der Waals surface area contributed by atoms with E-state index in [0.29, 0.717) is 18.8 Å². The van der Waals surface area contributed by atoms with E-state index in [4.69, 9.17) is 0 Å². The Labute approximate surface area is 154 Å². The predicted octanol–water partition coefficient (Wildman–Crippen LogP) is -0.211. The first-order valence-corrected chi connectivity index (χ1v) is 10.6. The zero-order valence-corrected chi connectivity index (χ0v) is 16.5. The minimum Gasteiger partial charge on any atom is -0.353 e. The third-order valence-corrected chi connectivity index (χ3v) is 5.47. The van der Waals surface area contributed by atoms with Crippen molar-refractivity contribution in [2.24, 2.45) is 11.3 Å². The molecule has 2 fully saturated rings. The van der Waals surface area contributed by atoms with Crippen molar-refractivity contribution in [3.05, 3.63) is 0 Å². The third-order valence-electron chi connectivity index (χ3n) is 4.74. The monoisotopic (exact) mass is 388 g/mol. The van der Waals surface area contributed by atoms with Crippen LogP contribution >= 0.6 is 0 Å². The molecule has 1 saturated carbocycles. The Morgan fingerprint density at radius 2 is 1.92 bits per heavy atom. The molecule has 1 heterocycles. The lowest BCUT2D eigenvalue weighted by Crippen LogP contribution is -2.54. The Morgan fingerprint density at radius 3 is 2.50 bits per heavy atom. The lowest BCUT2D eigenvalue weighted by Gasteiger charge is -2.43. The summed E-state index contributed by atoms with van der Waals surface area (Å²) < 4.78 is 24.2. The van der Waals surface area contributed by atoms with E-state index in [2.05, 4.69) is 36.1 Å². The van der Waals surface area contributed by atoms with Gasteiger partial charge in [-0.25, -0.2) is 17.9 Å². The topological polar surface area (TPSA) is 125 Å². The van der Waals surface area contributed by atoms with E-state index in [0.717, 1.165) is 17.6 Å². The van der Waals surface area contributed by atoms with Crippen LogP contribution in [0.3, 0.4) is 0 Å². The van der Waals surface area contributed by atoms with Crippen molar-refractivity contribution in [1.82, 2.24) is 20.3 Å². The number of rotatable bonds is 6. The van der Waals surface area contributed by atoms with E-state index in [1.165, 1.54) is 0 Å². The van der Waals surface area contributed by atoms with Crippen LogP contribution in [0.1, 0.15) is 40.0 Å². The quantitative estimate of drug-likeness (QED) is 0.429. The van der Waals surface area contributed by atoms with Gasteiger partial charge in [-0.3, -0.25) is 14.5 Å². The number of hydrogen-bond donors (Lipinski definition) is 3. The molecule has 10 heteroatoms. The van der Waals surface area contributed by atoms with Gasteiger partial charge in [0.15, 0.2) is 0 Å². The molecule has 148 valence electrons. The Morgan fingerprint density at radius 1 is 1.27 bits per heavy atom. The van der Waals surface area contributed by atoms with Crippen LogP contribution in [0.5, 0.6) is 0 Å². The zero-order valence-electron chi connectivity index (χ0n) is 15.7. The molecule has 2 aliphatic rings. The van der Waals surface area contributed by atoms with Gasteiger partial charge in [0.1, 0.15) is 12.1 Å². The van der Waals surface area contributed by atoms with Crippen LogP contribution < -0.4 is 15.4 Å². The zero-order chi connectivity index (χ0) is 19.8. The second kappa shape index (κ2) is 7.15. The maximum atomic E-state index is 12.9. The fourth-order valence-corrected chi connectivity index (χ4v) is 4.76. The molecule has 0 aromatic rings. The van der Waals surface area contributed by atoms with Crippen LogP contribution in [0.2, 0.25) is 0 Å². The Kier molecular flexibility index (Phi) is 5.67. The van der Waals surface area contributed by atoms with E-state index >= 15 is 0 Å². The summed E-state index contributed by atoms with van der Waals surface area (Å²) in [6.07, 6.45) is 3.11. The highest BCUT2D eigenvalue weighted by Crippen LogP contribution is 2.46. The van der Waals surface area contributed by atoms with Crippen molar-refractivity contribution in [2.75, 3.05) is 25.9 Å². The van der Waals surface area contributed by atoms with E-state index in [1.54, 1.807) is 0 Å². The number of carbonyl (C=O) groups excluding carboxylic acids is 3. The summed E-state index contributed by atoms with van der Waals surface area (Å²) in [4.78, 5) is 38.2. The molecule has 1 spiro atoms. The minimum absolute atomic E-state index is 0.0420. The molecule has 0 aromatic carbocycles. The van der Waals surface area contributed by atoms with E-state index in [1.807, 2.05) is 0 Å². The molecule has 0 aromatic heterocycles. The fraction of sp³-hybridized carbons (Fsp3) is 0.812. The van der Waals surface area contributed by atoms with Gasteiger partial charge in [-0.1, -0.05) is 20.8 Å². The second-order valence-electron chi connectivity index (χ2n) is 8.27. The van der Waals surface area contributed by atoms with Gasteiger partial charge in [-0.05, 0) is 30.6 Å². The van der Waals surface area contributed by atoms with Crippen molar-refractivity contribution < 1.29 is 22.8 Å². The van der Waals surface area contributed by atoms with Gasteiger partial charge in [0.05, 0.1) is 6.26 Å². The van der Waals surface area contributed by atoms with Gasteiger partial charge < -0.3 is 10.6 Å². The van der Waals surface area contributed by atoms with Gasteiger partial charge in [-0.2, -0.15) is 0 Å². The van der Waals surface area contributed by atoms with Crippen molar-refractivity contribution in [2.45, 2.75) is 45.6 Å². The largest absolute Gasteiger partial charge is 0.353 e. The molecular weight excluding hydrogens is 360 g/mol. The second-order valence-corrected chi connectivity index (χ2v) is 10.1. The number of imide groups is 1. The van der Waals surface area contributed by atoms with Gasteiger partial charge in [0, 0.05) is 13.1 Å². The molecule has 1 aliphatic heterocycles. The number of sulfonamides is 1. The van der Waals surface area contributed by atoms with Crippen molar-refractivity contribution >= 4 is 27.9 Å². The highest BCUT2D eigenvalue weighted by molar-refractivity contribution is 7.88. The molecular formula is C16H28N4O5S. The van der Waals surface area contributed by atoms with E-state index < -0.39 is 27.5 Å². The first-order chi connectivity index (χ1) is 11.8. The number of nitrogens with zero attached hydrogens (tertiary/aromatic N) is 1. The van der Waals surface area contributed by atoms with Gasteiger partial charge >= 0.3 is 6.03 Å². The molecule has 26 heavy (non-hydrogen) atoms. The van der Waals surface area contributed by atoms with Crippen LogP contribution in [0.25, 0.3) is 0 Å². The average Bonchev–Trinajstić information content (AvgIpc) is 2.64. The summed E-state index contributed by atoms with van der Waals surface area (Å²) in [5.74, 6) is -0.575. The number of urea groups is 1. The fourth-order valence-electron chi connectivity index (χ4n) is 4.29. The molecule has 0 unspecified atom stereocenters. The molecule has 0 radical (unpaired) electrons. The molecule has 9 nitrogen and oxygen atoms in total. The molecule has 2 rings (SSSR count).